The molecule has 32 heavy (non-hydrogen) atoms. The summed E-state index contributed by atoms with van der Waals surface area (Å²) in [6, 6.07) is 21.7. The SMILES string of the molecule is CC(NC(=O)c1ccc(COc2ccc3c(c2)CCC3)o1)c1cccc(-n2cccc2)c1. The van der Waals surface area contributed by atoms with Crippen molar-refractivity contribution < 1.29 is 13.9 Å². The molecule has 2 aromatic heterocycles. The lowest BCUT2D eigenvalue weighted by Crippen LogP contribution is -2.26. The Hall–Kier alpha value is -3.73. The Balaban J connectivity index is 1.20. The van der Waals surface area contributed by atoms with E-state index in [-0.39, 0.29) is 17.7 Å². The van der Waals surface area contributed by atoms with Crippen LogP contribution in [0.1, 0.15) is 52.4 Å². The van der Waals surface area contributed by atoms with Crippen molar-refractivity contribution in [3.05, 3.63) is 107 Å². The van der Waals surface area contributed by atoms with Crippen molar-refractivity contribution in [3.63, 3.8) is 0 Å². The molecule has 0 spiro atoms. The van der Waals surface area contributed by atoms with E-state index < -0.39 is 0 Å². The number of aryl methyl sites for hydroxylation is 2. The van der Waals surface area contributed by atoms with Gasteiger partial charge in [-0.1, -0.05) is 18.2 Å². The molecular weight excluding hydrogens is 400 g/mol. The van der Waals surface area contributed by atoms with E-state index in [0.717, 1.165) is 29.8 Å². The van der Waals surface area contributed by atoms with E-state index in [4.69, 9.17) is 9.15 Å². The van der Waals surface area contributed by atoms with Crippen LogP contribution >= 0.6 is 0 Å². The van der Waals surface area contributed by atoms with E-state index in [9.17, 15) is 4.79 Å². The molecule has 162 valence electrons. The predicted octanol–water partition coefficient (Wildman–Crippen LogP) is 5.63. The summed E-state index contributed by atoms with van der Waals surface area (Å²) in [7, 11) is 0. The third-order valence-electron chi connectivity index (χ3n) is 5.96. The van der Waals surface area contributed by atoms with Crippen molar-refractivity contribution in [2.75, 3.05) is 0 Å². The second-order valence-electron chi connectivity index (χ2n) is 8.22. The lowest BCUT2D eigenvalue weighted by molar-refractivity contribution is 0.0907. The molecule has 5 nitrogen and oxygen atoms in total. The van der Waals surface area contributed by atoms with Crippen molar-refractivity contribution in [2.24, 2.45) is 0 Å². The minimum absolute atomic E-state index is 0.158. The monoisotopic (exact) mass is 426 g/mol. The van der Waals surface area contributed by atoms with Crippen molar-refractivity contribution in [1.82, 2.24) is 9.88 Å². The van der Waals surface area contributed by atoms with Crippen LogP contribution in [0.2, 0.25) is 0 Å². The van der Waals surface area contributed by atoms with Gasteiger partial charge in [-0.15, -0.1) is 0 Å². The maximum absolute atomic E-state index is 12.7. The minimum Gasteiger partial charge on any atom is -0.486 e. The van der Waals surface area contributed by atoms with Gasteiger partial charge in [0.15, 0.2) is 5.76 Å². The van der Waals surface area contributed by atoms with Crippen molar-refractivity contribution >= 4 is 5.91 Å². The number of nitrogens with zero attached hydrogens (tertiary/aromatic N) is 1. The second kappa shape index (κ2) is 8.79. The normalized spacial score (nSPS) is 13.5. The molecule has 0 saturated heterocycles. The number of aromatic nitrogens is 1. The lowest BCUT2D eigenvalue weighted by atomic mass is 10.1. The summed E-state index contributed by atoms with van der Waals surface area (Å²) < 4.78 is 13.7. The van der Waals surface area contributed by atoms with E-state index in [0.29, 0.717) is 12.4 Å². The van der Waals surface area contributed by atoms with Gasteiger partial charge in [0, 0.05) is 18.1 Å². The number of carbonyl (C=O) groups is 1. The first-order valence-electron chi connectivity index (χ1n) is 11.0. The van der Waals surface area contributed by atoms with Crippen LogP contribution in [0, 0.1) is 0 Å². The van der Waals surface area contributed by atoms with Crippen LogP contribution in [0.15, 0.2) is 83.5 Å². The number of amides is 1. The number of benzene rings is 2. The summed E-state index contributed by atoms with van der Waals surface area (Å²) in [5, 5.41) is 3.02. The van der Waals surface area contributed by atoms with Crippen LogP contribution in [0.4, 0.5) is 0 Å². The highest BCUT2D eigenvalue weighted by Crippen LogP contribution is 2.26. The summed E-state index contributed by atoms with van der Waals surface area (Å²) in [6.45, 7) is 2.26. The third kappa shape index (κ3) is 4.33. The molecule has 0 saturated carbocycles. The fourth-order valence-electron chi connectivity index (χ4n) is 4.18. The Morgan fingerprint density at radius 3 is 2.75 bits per heavy atom. The molecule has 2 heterocycles. The molecule has 0 aliphatic heterocycles. The molecule has 1 N–H and O–H groups in total. The molecule has 1 unspecified atom stereocenters. The van der Waals surface area contributed by atoms with Gasteiger partial charge in [-0.05, 0) is 91.4 Å². The van der Waals surface area contributed by atoms with Gasteiger partial charge in [-0.3, -0.25) is 4.79 Å². The summed E-state index contributed by atoms with van der Waals surface area (Å²) in [6.07, 6.45) is 7.48. The number of rotatable bonds is 7. The maximum atomic E-state index is 12.7. The van der Waals surface area contributed by atoms with Gasteiger partial charge in [0.05, 0.1) is 6.04 Å². The first-order chi connectivity index (χ1) is 15.7. The van der Waals surface area contributed by atoms with E-state index in [1.54, 1.807) is 12.1 Å². The Morgan fingerprint density at radius 1 is 1.03 bits per heavy atom. The quantitative estimate of drug-likeness (QED) is 0.417. The highest BCUT2D eigenvalue weighted by molar-refractivity contribution is 5.91. The fraction of sp³-hybridized carbons (Fsp3) is 0.222. The predicted molar refractivity (Wildman–Crippen MR) is 123 cm³/mol. The largest absolute Gasteiger partial charge is 0.486 e. The molecule has 2 aromatic carbocycles. The van der Waals surface area contributed by atoms with E-state index in [1.165, 1.54) is 17.5 Å². The molecule has 1 aliphatic carbocycles. The molecule has 0 fully saturated rings. The van der Waals surface area contributed by atoms with Gasteiger partial charge in [-0.25, -0.2) is 0 Å². The summed E-state index contributed by atoms with van der Waals surface area (Å²) in [5.74, 6) is 1.50. The molecule has 5 rings (SSSR count). The van der Waals surface area contributed by atoms with Crippen LogP contribution in [-0.2, 0) is 19.4 Å². The number of nitrogens with one attached hydrogen (secondary N) is 1. The first-order valence-corrected chi connectivity index (χ1v) is 11.0. The van der Waals surface area contributed by atoms with E-state index in [2.05, 4.69) is 23.5 Å². The van der Waals surface area contributed by atoms with Gasteiger partial charge in [-0.2, -0.15) is 0 Å². The third-order valence-corrected chi connectivity index (χ3v) is 5.96. The molecule has 1 aliphatic rings. The lowest BCUT2D eigenvalue weighted by Gasteiger charge is -2.15. The Bertz CT molecular complexity index is 1220. The molecule has 0 bridgehead atoms. The zero-order chi connectivity index (χ0) is 21.9. The number of hydrogen-bond acceptors (Lipinski definition) is 3. The Morgan fingerprint density at radius 2 is 1.88 bits per heavy atom. The van der Waals surface area contributed by atoms with Crippen LogP contribution in [-0.4, -0.2) is 10.5 Å². The number of carbonyl (C=O) groups excluding carboxylic acids is 1. The van der Waals surface area contributed by atoms with Gasteiger partial charge in [0.2, 0.25) is 0 Å². The van der Waals surface area contributed by atoms with Crippen LogP contribution in [0.25, 0.3) is 5.69 Å². The molecule has 1 amide bonds. The van der Waals surface area contributed by atoms with Gasteiger partial charge >= 0.3 is 0 Å². The van der Waals surface area contributed by atoms with Crippen molar-refractivity contribution in [3.8, 4) is 11.4 Å². The van der Waals surface area contributed by atoms with E-state index in [1.807, 2.05) is 60.3 Å². The molecule has 1 atom stereocenters. The second-order valence-corrected chi connectivity index (χ2v) is 8.22. The standard InChI is InChI=1S/C27H26N2O3/c1-19(21-7-5-9-23(16-21)29-14-2-3-15-29)28-27(30)26-13-12-25(32-26)18-31-24-11-10-20-6-4-8-22(20)17-24/h2-3,5,7,9-17,19H,4,6,8,18H2,1H3,(H,28,30). The first kappa shape index (κ1) is 20.2. The van der Waals surface area contributed by atoms with Gasteiger partial charge in [0.1, 0.15) is 18.1 Å². The number of furan rings is 1. The number of fused-ring (bicyclic) bond motifs is 1. The Kier molecular flexibility index (Phi) is 5.55. The molecule has 0 radical (unpaired) electrons. The van der Waals surface area contributed by atoms with Crippen molar-refractivity contribution in [2.45, 2.75) is 38.8 Å². The highest BCUT2D eigenvalue weighted by Gasteiger charge is 2.16. The zero-order valence-electron chi connectivity index (χ0n) is 18.1. The van der Waals surface area contributed by atoms with Gasteiger partial charge in [0.25, 0.3) is 5.91 Å². The van der Waals surface area contributed by atoms with Crippen molar-refractivity contribution in [1.29, 1.82) is 0 Å². The summed E-state index contributed by atoms with van der Waals surface area (Å²) in [5.41, 5.74) is 4.87. The van der Waals surface area contributed by atoms with Crippen LogP contribution in [0.5, 0.6) is 5.75 Å². The average molecular weight is 427 g/mol. The molecule has 4 aromatic rings. The smallest absolute Gasteiger partial charge is 0.287 e. The minimum atomic E-state index is -0.243. The summed E-state index contributed by atoms with van der Waals surface area (Å²) >= 11 is 0. The van der Waals surface area contributed by atoms with E-state index >= 15 is 0 Å². The topological polar surface area (TPSA) is 56.4 Å². The highest BCUT2D eigenvalue weighted by atomic mass is 16.5. The number of ether oxygens (including phenoxy) is 1. The fourth-order valence-corrected chi connectivity index (χ4v) is 4.18. The molecular formula is C27H26N2O3. The molecule has 5 heteroatoms. The Labute approximate surface area is 187 Å². The number of hydrogen-bond donors (Lipinski definition) is 1. The zero-order valence-corrected chi connectivity index (χ0v) is 18.1. The summed E-state index contributed by atoms with van der Waals surface area (Å²) in [4.78, 5) is 12.7. The van der Waals surface area contributed by atoms with Gasteiger partial charge < -0.3 is 19.0 Å². The maximum Gasteiger partial charge on any atom is 0.287 e. The average Bonchev–Trinajstić information content (AvgIpc) is 3.59. The van der Waals surface area contributed by atoms with Crippen LogP contribution < -0.4 is 10.1 Å². The van der Waals surface area contributed by atoms with Crippen LogP contribution in [0.3, 0.4) is 0 Å².